The van der Waals surface area contributed by atoms with Crippen LogP contribution in [0.1, 0.15) is 26.3 Å². The van der Waals surface area contributed by atoms with E-state index in [0.29, 0.717) is 0 Å². The molecule has 3 rings (SSSR count). The third-order valence-corrected chi connectivity index (χ3v) is 4.58. The van der Waals surface area contributed by atoms with E-state index >= 15 is 0 Å². The minimum Gasteiger partial charge on any atom is -0.378 e. The fraction of sp³-hybridized carbons (Fsp3) is 0.533. The number of benzene rings is 1. The molecule has 19 heavy (non-hydrogen) atoms. The van der Waals surface area contributed by atoms with Gasteiger partial charge in [0.25, 0.3) is 0 Å². The van der Waals surface area contributed by atoms with E-state index in [-0.39, 0.29) is 5.41 Å². The van der Waals surface area contributed by atoms with Gasteiger partial charge >= 0.3 is 0 Å². The first-order valence-corrected chi connectivity index (χ1v) is 7.60. The van der Waals surface area contributed by atoms with Gasteiger partial charge in [0, 0.05) is 13.1 Å². The number of para-hydroxylation sites is 1. The Bertz CT molecular complexity index is 579. The van der Waals surface area contributed by atoms with Crippen molar-refractivity contribution < 1.29 is 4.74 Å². The van der Waals surface area contributed by atoms with E-state index in [1.807, 2.05) is 0 Å². The zero-order valence-electron chi connectivity index (χ0n) is 11.8. The molecule has 0 spiro atoms. The van der Waals surface area contributed by atoms with Crippen LogP contribution in [0.4, 0.5) is 5.13 Å². The number of thiazole rings is 1. The maximum absolute atomic E-state index is 5.41. The van der Waals surface area contributed by atoms with Crippen LogP contribution < -0.4 is 4.90 Å². The van der Waals surface area contributed by atoms with E-state index in [1.54, 1.807) is 11.3 Å². The molecule has 1 fully saturated rings. The van der Waals surface area contributed by atoms with Crippen LogP contribution in [0.5, 0.6) is 0 Å². The van der Waals surface area contributed by atoms with Crippen molar-refractivity contribution in [1.82, 2.24) is 4.98 Å². The zero-order valence-corrected chi connectivity index (χ0v) is 12.6. The number of morpholine rings is 1. The van der Waals surface area contributed by atoms with Crippen molar-refractivity contribution in [1.29, 1.82) is 0 Å². The van der Waals surface area contributed by atoms with E-state index in [2.05, 4.69) is 43.9 Å². The van der Waals surface area contributed by atoms with Crippen LogP contribution in [0.3, 0.4) is 0 Å². The lowest BCUT2D eigenvalue weighted by Gasteiger charge is -2.26. The summed E-state index contributed by atoms with van der Waals surface area (Å²) in [6.07, 6.45) is 0. The Labute approximate surface area is 118 Å². The van der Waals surface area contributed by atoms with Crippen LogP contribution in [0.25, 0.3) is 10.2 Å². The Morgan fingerprint density at radius 1 is 1.21 bits per heavy atom. The summed E-state index contributed by atoms with van der Waals surface area (Å²) in [6, 6.07) is 6.52. The van der Waals surface area contributed by atoms with Crippen molar-refractivity contribution in [3.63, 3.8) is 0 Å². The molecule has 1 saturated heterocycles. The molecule has 1 aromatic heterocycles. The highest BCUT2D eigenvalue weighted by Crippen LogP contribution is 2.35. The highest BCUT2D eigenvalue weighted by Gasteiger charge is 2.21. The van der Waals surface area contributed by atoms with E-state index in [0.717, 1.165) is 31.4 Å². The van der Waals surface area contributed by atoms with Gasteiger partial charge in [-0.15, -0.1) is 0 Å². The summed E-state index contributed by atoms with van der Waals surface area (Å²) in [7, 11) is 0. The molecule has 0 amide bonds. The number of hydrogen-bond acceptors (Lipinski definition) is 4. The second kappa shape index (κ2) is 4.76. The van der Waals surface area contributed by atoms with Crippen molar-refractivity contribution in [3.8, 4) is 0 Å². The van der Waals surface area contributed by atoms with Crippen molar-refractivity contribution in [2.24, 2.45) is 0 Å². The van der Waals surface area contributed by atoms with Crippen molar-refractivity contribution in [2.45, 2.75) is 26.2 Å². The highest BCUT2D eigenvalue weighted by molar-refractivity contribution is 7.22. The lowest BCUT2D eigenvalue weighted by Crippen LogP contribution is -2.36. The van der Waals surface area contributed by atoms with Crippen molar-refractivity contribution >= 4 is 26.7 Å². The smallest absolute Gasteiger partial charge is 0.186 e. The van der Waals surface area contributed by atoms with E-state index in [9.17, 15) is 0 Å². The second-order valence-electron chi connectivity index (χ2n) is 6.00. The van der Waals surface area contributed by atoms with Gasteiger partial charge in [-0.2, -0.15) is 0 Å². The average Bonchev–Trinajstić information content (AvgIpc) is 2.82. The molecule has 1 aromatic carbocycles. The zero-order chi connectivity index (χ0) is 13.5. The molecule has 0 bridgehead atoms. The largest absolute Gasteiger partial charge is 0.378 e. The summed E-state index contributed by atoms with van der Waals surface area (Å²) < 4.78 is 6.69. The average molecular weight is 276 g/mol. The van der Waals surface area contributed by atoms with Gasteiger partial charge in [0.15, 0.2) is 5.13 Å². The molecule has 0 aliphatic carbocycles. The lowest BCUT2D eigenvalue weighted by molar-refractivity contribution is 0.122. The van der Waals surface area contributed by atoms with Crippen molar-refractivity contribution in [2.75, 3.05) is 31.2 Å². The molecule has 0 radical (unpaired) electrons. The van der Waals surface area contributed by atoms with Crippen LogP contribution in [0.2, 0.25) is 0 Å². The first-order chi connectivity index (χ1) is 9.05. The molecule has 0 N–H and O–H groups in total. The molecular formula is C15H20N2OS. The van der Waals surface area contributed by atoms with Gasteiger partial charge in [0.2, 0.25) is 0 Å². The van der Waals surface area contributed by atoms with Gasteiger partial charge in [-0.1, -0.05) is 44.2 Å². The Morgan fingerprint density at radius 3 is 2.63 bits per heavy atom. The summed E-state index contributed by atoms with van der Waals surface area (Å²) in [5.74, 6) is 0. The second-order valence-corrected chi connectivity index (χ2v) is 7.01. The van der Waals surface area contributed by atoms with Crippen LogP contribution in [-0.4, -0.2) is 31.3 Å². The minimum atomic E-state index is 0.135. The third-order valence-electron chi connectivity index (χ3n) is 3.50. The monoisotopic (exact) mass is 276 g/mol. The maximum atomic E-state index is 5.41. The molecule has 1 aliphatic heterocycles. The summed E-state index contributed by atoms with van der Waals surface area (Å²) in [4.78, 5) is 7.23. The number of nitrogens with zero attached hydrogens (tertiary/aromatic N) is 2. The van der Waals surface area contributed by atoms with Gasteiger partial charge in [0.1, 0.15) is 0 Å². The first-order valence-electron chi connectivity index (χ1n) is 6.78. The van der Waals surface area contributed by atoms with Gasteiger partial charge in [-0.25, -0.2) is 4.98 Å². The SMILES string of the molecule is CC(C)(C)c1cccc2sc(N3CCOCC3)nc12. The van der Waals surface area contributed by atoms with Gasteiger partial charge in [-0.3, -0.25) is 0 Å². The lowest BCUT2D eigenvalue weighted by atomic mass is 9.86. The highest BCUT2D eigenvalue weighted by atomic mass is 32.1. The fourth-order valence-electron chi connectivity index (χ4n) is 2.43. The molecule has 102 valence electrons. The molecule has 4 heteroatoms. The molecule has 2 aromatic rings. The van der Waals surface area contributed by atoms with Crippen LogP contribution in [0.15, 0.2) is 18.2 Å². The first kappa shape index (κ1) is 12.9. The Kier molecular flexibility index (Phi) is 3.23. The molecule has 3 nitrogen and oxygen atoms in total. The fourth-order valence-corrected chi connectivity index (χ4v) is 3.48. The molecule has 0 unspecified atom stereocenters. The van der Waals surface area contributed by atoms with E-state index < -0.39 is 0 Å². The standard InChI is InChI=1S/C15H20N2OS/c1-15(2,3)11-5-4-6-12-13(11)16-14(19-12)17-7-9-18-10-8-17/h4-6H,7-10H2,1-3H3. The predicted molar refractivity (Wildman–Crippen MR) is 81.4 cm³/mol. The van der Waals surface area contributed by atoms with E-state index in [4.69, 9.17) is 9.72 Å². The summed E-state index contributed by atoms with van der Waals surface area (Å²) in [5, 5.41) is 1.13. The Hall–Kier alpha value is -1.13. The Morgan fingerprint density at radius 2 is 1.95 bits per heavy atom. The summed E-state index contributed by atoms with van der Waals surface area (Å²) in [6.45, 7) is 10.3. The van der Waals surface area contributed by atoms with Gasteiger partial charge in [-0.05, 0) is 17.0 Å². The number of aromatic nitrogens is 1. The number of hydrogen-bond donors (Lipinski definition) is 0. The maximum Gasteiger partial charge on any atom is 0.186 e. The molecule has 0 saturated carbocycles. The number of anilines is 1. The topological polar surface area (TPSA) is 25.4 Å². The van der Waals surface area contributed by atoms with Gasteiger partial charge < -0.3 is 9.64 Å². The molecule has 2 heterocycles. The minimum absolute atomic E-state index is 0.135. The summed E-state index contributed by atoms with van der Waals surface area (Å²) in [5.41, 5.74) is 2.64. The normalized spacial score (nSPS) is 17.1. The van der Waals surface area contributed by atoms with Crippen molar-refractivity contribution in [3.05, 3.63) is 23.8 Å². The number of rotatable bonds is 1. The molecule has 1 aliphatic rings. The van der Waals surface area contributed by atoms with Crippen LogP contribution in [0, 0.1) is 0 Å². The van der Waals surface area contributed by atoms with Crippen LogP contribution >= 0.6 is 11.3 Å². The van der Waals surface area contributed by atoms with E-state index in [1.165, 1.54) is 15.8 Å². The number of fused-ring (bicyclic) bond motifs is 1. The quantitative estimate of drug-likeness (QED) is 0.798. The summed E-state index contributed by atoms with van der Waals surface area (Å²) >= 11 is 1.79. The Balaban J connectivity index is 2.05. The predicted octanol–water partition coefficient (Wildman–Crippen LogP) is 3.43. The third kappa shape index (κ3) is 2.47. The molecular weight excluding hydrogens is 256 g/mol. The van der Waals surface area contributed by atoms with Crippen LogP contribution in [-0.2, 0) is 10.2 Å². The van der Waals surface area contributed by atoms with Gasteiger partial charge in [0.05, 0.1) is 23.4 Å². The molecule has 0 atom stereocenters. The number of ether oxygens (including phenoxy) is 1.